The summed E-state index contributed by atoms with van der Waals surface area (Å²) in [4.78, 5) is 7.26. The molecule has 106 valence electrons. The molecule has 1 aliphatic carbocycles. The van der Waals surface area contributed by atoms with Crippen LogP contribution in [-0.2, 0) is 6.54 Å². The first-order chi connectivity index (χ1) is 8.89. The van der Waals surface area contributed by atoms with Crippen LogP contribution in [0.4, 0.5) is 0 Å². The molecule has 2 heterocycles. The van der Waals surface area contributed by atoms with Crippen molar-refractivity contribution in [2.24, 2.45) is 5.92 Å². The molecule has 0 spiro atoms. The predicted octanol–water partition coefficient (Wildman–Crippen LogP) is 2.80. The first-order valence-electron chi connectivity index (χ1n) is 7.30. The van der Waals surface area contributed by atoms with Crippen LogP contribution in [0.1, 0.15) is 44.3 Å². The number of nitrogens with one attached hydrogen (secondary N) is 1. The summed E-state index contributed by atoms with van der Waals surface area (Å²) in [6, 6.07) is 0. The molecule has 4 heteroatoms. The molecule has 19 heavy (non-hydrogen) atoms. The van der Waals surface area contributed by atoms with Crippen LogP contribution in [0.3, 0.4) is 0 Å². The molecular formula is C15H25N3S. The van der Waals surface area contributed by atoms with Gasteiger partial charge in [-0.2, -0.15) is 0 Å². The van der Waals surface area contributed by atoms with Crippen molar-refractivity contribution < 1.29 is 0 Å². The lowest BCUT2D eigenvalue weighted by atomic mass is 9.86. The molecule has 2 fully saturated rings. The molecule has 0 aromatic carbocycles. The lowest BCUT2D eigenvalue weighted by Crippen LogP contribution is -2.67. The summed E-state index contributed by atoms with van der Waals surface area (Å²) in [5, 5.41) is 7.19. The van der Waals surface area contributed by atoms with E-state index in [1.807, 2.05) is 0 Å². The van der Waals surface area contributed by atoms with E-state index in [2.05, 4.69) is 48.3 Å². The molecule has 1 atom stereocenters. The number of piperazine rings is 1. The minimum Gasteiger partial charge on any atom is -0.308 e. The van der Waals surface area contributed by atoms with Gasteiger partial charge in [0, 0.05) is 36.1 Å². The fourth-order valence-electron chi connectivity index (χ4n) is 3.14. The Kier molecular flexibility index (Phi) is 3.23. The van der Waals surface area contributed by atoms with Crippen LogP contribution in [0, 0.1) is 12.8 Å². The Morgan fingerprint density at radius 2 is 2.16 bits per heavy atom. The van der Waals surface area contributed by atoms with Gasteiger partial charge < -0.3 is 5.32 Å². The Morgan fingerprint density at radius 1 is 1.42 bits per heavy atom. The molecule has 1 saturated heterocycles. The van der Waals surface area contributed by atoms with Crippen molar-refractivity contribution in [1.82, 2.24) is 15.2 Å². The summed E-state index contributed by atoms with van der Waals surface area (Å²) < 4.78 is 0. The number of aryl methyl sites for hydroxylation is 1. The minimum absolute atomic E-state index is 0.214. The topological polar surface area (TPSA) is 28.2 Å². The van der Waals surface area contributed by atoms with E-state index in [0.717, 1.165) is 25.6 Å². The zero-order chi connectivity index (χ0) is 13.7. The standard InChI is InChI=1S/C15H25N3S/c1-11-17-13(8-19-11)7-18-10-15(4,12-5-6-12)16-9-14(18,2)3/h8,12,16H,5-7,9-10H2,1-4H3. The summed E-state index contributed by atoms with van der Waals surface area (Å²) in [5.41, 5.74) is 1.75. The van der Waals surface area contributed by atoms with Crippen LogP contribution in [0.5, 0.6) is 0 Å². The van der Waals surface area contributed by atoms with Gasteiger partial charge >= 0.3 is 0 Å². The maximum Gasteiger partial charge on any atom is 0.0897 e. The second-order valence-corrected chi connectivity index (χ2v) is 8.13. The zero-order valence-corrected chi connectivity index (χ0v) is 13.3. The molecule has 1 aromatic heterocycles. The highest BCUT2D eigenvalue weighted by molar-refractivity contribution is 7.09. The predicted molar refractivity (Wildman–Crippen MR) is 80.5 cm³/mol. The van der Waals surface area contributed by atoms with Gasteiger partial charge in [-0.1, -0.05) is 0 Å². The van der Waals surface area contributed by atoms with Gasteiger partial charge in [0.05, 0.1) is 10.7 Å². The minimum atomic E-state index is 0.214. The highest BCUT2D eigenvalue weighted by Gasteiger charge is 2.48. The summed E-state index contributed by atoms with van der Waals surface area (Å²) in [5.74, 6) is 0.878. The van der Waals surface area contributed by atoms with Crippen molar-refractivity contribution in [2.75, 3.05) is 13.1 Å². The number of aromatic nitrogens is 1. The highest BCUT2D eigenvalue weighted by Crippen LogP contribution is 2.42. The normalized spacial score (nSPS) is 31.6. The molecule has 1 aromatic rings. The van der Waals surface area contributed by atoms with Crippen LogP contribution in [0.25, 0.3) is 0 Å². The van der Waals surface area contributed by atoms with E-state index < -0.39 is 0 Å². The number of nitrogens with zero attached hydrogens (tertiary/aromatic N) is 2. The molecular weight excluding hydrogens is 254 g/mol. The Hall–Kier alpha value is -0.450. The molecule has 1 unspecified atom stereocenters. The zero-order valence-electron chi connectivity index (χ0n) is 12.5. The monoisotopic (exact) mass is 279 g/mol. The van der Waals surface area contributed by atoms with E-state index in [9.17, 15) is 0 Å². The Bertz CT molecular complexity index is 464. The van der Waals surface area contributed by atoms with Gasteiger partial charge in [0.25, 0.3) is 0 Å². The molecule has 3 rings (SSSR count). The second kappa shape index (κ2) is 4.54. The third kappa shape index (κ3) is 2.71. The average Bonchev–Trinajstić information content (AvgIpc) is 3.11. The lowest BCUT2D eigenvalue weighted by Gasteiger charge is -2.51. The van der Waals surface area contributed by atoms with Gasteiger partial charge in [-0.05, 0) is 46.5 Å². The maximum atomic E-state index is 4.64. The largest absolute Gasteiger partial charge is 0.308 e. The van der Waals surface area contributed by atoms with Crippen molar-refractivity contribution in [3.05, 3.63) is 16.1 Å². The van der Waals surface area contributed by atoms with Crippen molar-refractivity contribution in [2.45, 2.75) is 58.2 Å². The molecule has 0 amide bonds. The average molecular weight is 279 g/mol. The first kappa shape index (κ1) is 13.5. The smallest absolute Gasteiger partial charge is 0.0897 e. The molecule has 1 saturated carbocycles. The summed E-state index contributed by atoms with van der Waals surface area (Å²) in [6.45, 7) is 12.4. The van der Waals surface area contributed by atoms with E-state index in [1.165, 1.54) is 23.5 Å². The van der Waals surface area contributed by atoms with Crippen molar-refractivity contribution in [1.29, 1.82) is 0 Å². The lowest BCUT2D eigenvalue weighted by molar-refractivity contribution is 0.0170. The third-order valence-corrected chi connectivity index (χ3v) is 5.62. The van der Waals surface area contributed by atoms with Crippen molar-refractivity contribution in [3.63, 3.8) is 0 Å². The van der Waals surface area contributed by atoms with Crippen LogP contribution >= 0.6 is 11.3 Å². The number of hydrogen-bond donors (Lipinski definition) is 1. The Morgan fingerprint density at radius 3 is 2.74 bits per heavy atom. The van der Waals surface area contributed by atoms with Gasteiger partial charge in [0.1, 0.15) is 0 Å². The number of thiazole rings is 1. The van der Waals surface area contributed by atoms with Crippen LogP contribution in [0.15, 0.2) is 5.38 Å². The molecule has 3 nitrogen and oxygen atoms in total. The SMILES string of the molecule is Cc1nc(CN2CC(C)(C3CC3)NCC2(C)C)cs1. The molecule has 1 N–H and O–H groups in total. The van der Waals surface area contributed by atoms with E-state index >= 15 is 0 Å². The van der Waals surface area contributed by atoms with E-state index in [4.69, 9.17) is 0 Å². The van der Waals surface area contributed by atoms with Crippen molar-refractivity contribution in [3.8, 4) is 0 Å². The van der Waals surface area contributed by atoms with Gasteiger partial charge in [0.15, 0.2) is 0 Å². The molecule has 1 aliphatic heterocycles. The molecule has 0 radical (unpaired) electrons. The third-order valence-electron chi connectivity index (χ3n) is 4.80. The Balaban J connectivity index is 1.75. The van der Waals surface area contributed by atoms with Crippen LogP contribution < -0.4 is 5.32 Å². The second-order valence-electron chi connectivity index (χ2n) is 7.07. The maximum absolute atomic E-state index is 4.64. The fraction of sp³-hybridized carbons (Fsp3) is 0.800. The summed E-state index contributed by atoms with van der Waals surface area (Å²) in [6.07, 6.45) is 2.79. The van der Waals surface area contributed by atoms with E-state index in [0.29, 0.717) is 5.54 Å². The summed E-state index contributed by atoms with van der Waals surface area (Å²) >= 11 is 1.76. The fourth-order valence-corrected chi connectivity index (χ4v) is 3.74. The van der Waals surface area contributed by atoms with Crippen LogP contribution in [-0.4, -0.2) is 34.1 Å². The van der Waals surface area contributed by atoms with Crippen LogP contribution in [0.2, 0.25) is 0 Å². The number of hydrogen-bond acceptors (Lipinski definition) is 4. The first-order valence-corrected chi connectivity index (χ1v) is 8.18. The van der Waals surface area contributed by atoms with Crippen molar-refractivity contribution >= 4 is 11.3 Å². The van der Waals surface area contributed by atoms with Gasteiger partial charge in [-0.25, -0.2) is 4.98 Å². The van der Waals surface area contributed by atoms with Gasteiger partial charge in [0.2, 0.25) is 0 Å². The molecule has 2 aliphatic rings. The van der Waals surface area contributed by atoms with Gasteiger partial charge in [-0.3, -0.25) is 4.90 Å². The van der Waals surface area contributed by atoms with E-state index in [-0.39, 0.29) is 5.54 Å². The summed E-state index contributed by atoms with van der Waals surface area (Å²) in [7, 11) is 0. The quantitative estimate of drug-likeness (QED) is 0.922. The van der Waals surface area contributed by atoms with Gasteiger partial charge in [-0.15, -0.1) is 11.3 Å². The Labute approximate surface area is 120 Å². The van der Waals surface area contributed by atoms with E-state index in [1.54, 1.807) is 11.3 Å². The highest BCUT2D eigenvalue weighted by atomic mass is 32.1. The number of rotatable bonds is 3. The molecule has 0 bridgehead atoms.